The van der Waals surface area contributed by atoms with Gasteiger partial charge < -0.3 is 9.73 Å². The third-order valence-corrected chi connectivity index (χ3v) is 2.79. The molecule has 0 saturated heterocycles. The van der Waals surface area contributed by atoms with Crippen LogP contribution in [0.5, 0.6) is 0 Å². The van der Waals surface area contributed by atoms with Crippen molar-refractivity contribution in [3.05, 3.63) is 23.7 Å². The average Bonchev–Trinajstić information content (AvgIpc) is 2.73. The van der Waals surface area contributed by atoms with Crippen LogP contribution in [0, 0.1) is 6.92 Å². The first kappa shape index (κ1) is 13.7. The van der Waals surface area contributed by atoms with Crippen molar-refractivity contribution in [1.29, 1.82) is 0 Å². The number of rotatable bonds is 3. The van der Waals surface area contributed by atoms with Crippen LogP contribution in [-0.4, -0.2) is 22.0 Å². The number of oxazole rings is 1. The molecule has 0 radical (unpaired) electrons. The predicted octanol–water partition coefficient (Wildman–Crippen LogP) is 2.98. The van der Waals surface area contributed by atoms with Crippen LogP contribution in [0.3, 0.4) is 0 Å². The van der Waals surface area contributed by atoms with Crippen LogP contribution in [0.2, 0.25) is 0 Å². The van der Waals surface area contributed by atoms with Crippen molar-refractivity contribution < 1.29 is 17.6 Å². The molecule has 0 saturated carbocycles. The van der Waals surface area contributed by atoms with Gasteiger partial charge in [-0.15, -0.1) is 0 Å². The number of nitrogens with one attached hydrogen (secondary N) is 1. The Morgan fingerprint density at radius 2 is 2.00 bits per heavy atom. The quantitative estimate of drug-likeness (QED) is 0.877. The van der Waals surface area contributed by atoms with Crippen LogP contribution in [0.25, 0.3) is 0 Å². The summed E-state index contributed by atoms with van der Waals surface area (Å²) in [7, 11) is 1.44. The first-order valence-electron chi connectivity index (χ1n) is 5.12. The molecule has 0 amide bonds. The van der Waals surface area contributed by atoms with Gasteiger partial charge in [-0.3, -0.25) is 0 Å². The molecule has 2 rings (SSSR count). The van der Waals surface area contributed by atoms with Crippen LogP contribution in [-0.2, 0) is 6.18 Å². The molecular formula is C10H9F3N4OS. The van der Waals surface area contributed by atoms with E-state index in [1.165, 1.54) is 13.3 Å². The van der Waals surface area contributed by atoms with Gasteiger partial charge in [0.2, 0.25) is 5.95 Å². The van der Waals surface area contributed by atoms with Crippen LogP contribution in [0.1, 0.15) is 11.4 Å². The number of anilines is 1. The lowest BCUT2D eigenvalue weighted by atomic mass is 10.4. The Hall–Kier alpha value is -1.77. The Bertz CT molecular complexity index is 584. The minimum Gasteiger partial charge on any atom is -0.439 e. The van der Waals surface area contributed by atoms with Gasteiger partial charge >= 0.3 is 6.18 Å². The fraction of sp³-hybridized carbons (Fsp3) is 0.300. The van der Waals surface area contributed by atoms with Crippen LogP contribution < -0.4 is 5.32 Å². The molecule has 0 aliphatic heterocycles. The van der Waals surface area contributed by atoms with E-state index < -0.39 is 11.9 Å². The molecule has 2 aromatic heterocycles. The molecule has 0 unspecified atom stereocenters. The van der Waals surface area contributed by atoms with E-state index in [1.807, 2.05) is 0 Å². The van der Waals surface area contributed by atoms with Crippen LogP contribution >= 0.6 is 11.8 Å². The van der Waals surface area contributed by atoms with Gasteiger partial charge in [0.15, 0.2) is 5.69 Å². The fourth-order valence-electron chi connectivity index (χ4n) is 1.20. The van der Waals surface area contributed by atoms with E-state index in [0.717, 1.165) is 17.8 Å². The normalized spacial score (nSPS) is 11.6. The van der Waals surface area contributed by atoms with Crippen molar-refractivity contribution in [3.63, 3.8) is 0 Å². The monoisotopic (exact) mass is 290 g/mol. The van der Waals surface area contributed by atoms with E-state index in [4.69, 9.17) is 4.42 Å². The smallest absolute Gasteiger partial charge is 0.433 e. The zero-order chi connectivity index (χ0) is 14.0. The molecule has 0 atom stereocenters. The van der Waals surface area contributed by atoms with Crippen molar-refractivity contribution in [1.82, 2.24) is 15.0 Å². The summed E-state index contributed by atoms with van der Waals surface area (Å²) < 4.78 is 43.0. The summed E-state index contributed by atoms with van der Waals surface area (Å²) in [6, 6.07) is 0.852. The van der Waals surface area contributed by atoms with Crippen molar-refractivity contribution in [2.75, 3.05) is 12.4 Å². The highest BCUT2D eigenvalue weighted by molar-refractivity contribution is 7.99. The van der Waals surface area contributed by atoms with Crippen LogP contribution in [0.4, 0.5) is 19.1 Å². The van der Waals surface area contributed by atoms with Crippen molar-refractivity contribution >= 4 is 17.7 Å². The number of nitrogens with zero attached hydrogens (tertiary/aromatic N) is 3. The van der Waals surface area contributed by atoms with E-state index >= 15 is 0 Å². The zero-order valence-electron chi connectivity index (χ0n) is 9.95. The summed E-state index contributed by atoms with van der Waals surface area (Å²) in [5, 5.41) is 2.82. The summed E-state index contributed by atoms with van der Waals surface area (Å²) in [6.45, 7) is 1.72. The Kier molecular flexibility index (Phi) is 3.65. The summed E-state index contributed by atoms with van der Waals surface area (Å²) in [4.78, 5) is 11.3. The lowest BCUT2D eigenvalue weighted by Gasteiger charge is -2.08. The molecule has 0 spiro atoms. The molecule has 0 aliphatic rings. The molecule has 2 heterocycles. The van der Waals surface area contributed by atoms with Crippen molar-refractivity contribution in [2.45, 2.75) is 23.3 Å². The zero-order valence-corrected chi connectivity index (χ0v) is 10.8. The molecule has 2 aromatic rings. The second kappa shape index (κ2) is 5.08. The molecule has 1 N–H and O–H groups in total. The lowest BCUT2D eigenvalue weighted by Crippen LogP contribution is -2.11. The number of hydrogen-bond donors (Lipinski definition) is 1. The first-order chi connectivity index (χ1) is 8.88. The number of aryl methyl sites for hydroxylation is 1. The number of hydrogen-bond acceptors (Lipinski definition) is 6. The molecule has 0 aliphatic carbocycles. The maximum Gasteiger partial charge on any atom is 0.433 e. The highest BCUT2D eigenvalue weighted by atomic mass is 32.2. The van der Waals surface area contributed by atoms with Crippen LogP contribution in [0.15, 0.2) is 27.0 Å². The highest BCUT2D eigenvalue weighted by Crippen LogP contribution is 2.32. The van der Waals surface area contributed by atoms with Gasteiger partial charge in [0, 0.05) is 13.1 Å². The lowest BCUT2D eigenvalue weighted by molar-refractivity contribution is -0.141. The largest absolute Gasteiger partial charge is 0.439 e. The van der Waals surface area contributed by atoms with Gasteiger partial charge in [-0.1, -0.05) is 0 Å². The fourth-order valence-corrected chi connectivity index (χ4v) is 1.97. The third kappa shape index (κ3) is 3.37. The van der Waals surface area contributed by atoms with Gasteiger partial charge in [0.05, 0.1) is 5.69 Å². The van der Waals surface area contributed by atoms with E-state index in [0.29, 0.717) is 5.69 Å². The maximum atomic E-state index is 12.7. The van der Waals surface area contributed by atoms with E-state index in [1.54, 1.807) is 6.92 Å². The number of alkyl halides is 3. The topological polar surface area (TPSA) is 63.8 Å². The second-order valence-electron chi connectivity index (χ2n) is 3.52. The minimum absolute atomic E-state index is 0.105. The van der Waals surface area contributed by atoms with Gasteiger partial charge in [-0.25, -0.2) is 15.0 Å². The Morgan fingerprint density at radius 3 is 2.53 bits per heavy atom. The minimum atomic E-state index is -4.53. The Labute approximate surface area is 110 Å². The van der Waals surface area contributed by atoms with Crippen molar-refractivity contribution in [2.24, 2.45) is 0 Å². The first-order valence-corrected chi connectivity index (χ1v) is 5.94. The van der Waals surface area contributed by atoms with Gasteiger partial charge in [0.25, 0.3) is 5.22 Å². The van der Waals surface area contributed by atoms with Gasteiger partial charge in [-0.2, -0.15) is 13.2 Å². The average molecular weight is 290 g/mol. The molecule has 5 nitrogen and oxygen atoms in total. The summed E-state index contributed by atoms with van der Waals surface area (Å²) in [6.07, 6.45) is -3.12. The second-order valence-corrected chi connectivity index (χ2v) is 4.49. The Morgan fingerprint density at radius 1 is 1.26 bits per heavy atom. The predicted molar refractivity (Wildman–Crippen MR) is 61.9 cm³/mol. The third-order valence-electron chi connectivity index (χ3n) is 2.01. The number of halogens is 3. The SMILES string of the molecule is CNc1nc(Sc2nc(C)co2)cc(C(F)(F)F)n1. The van der Waals surface area contributed by atoms with E-state index in [-0.39, 0.29) is 16.2 Å². The van der Waals surface area contributed by atoms with Gasteiger partial charge in [-0.05, 0) is 18.7 Å². The number of aromatic nitrogens is 3. The maximum absolute atomic E-state index is 12.7. The molecule has 0 bridgehead atoms. The molecular weight excluding hydrogens is 281 g/mol. The van der Waals surface area contributed by atoms with Crippen molar-refractivity contribution in [3.8, 4) is 0 Å². The summed E-state index contributed by atoms with van der Waals surface area (Å²) in [5.41, 5.74) is -0.376. The van der Waals surface area contributed by atoms with Gasteiger partial charge in [0.1, 0.15) is 11.3 Å². The molecule has 102 valence electrons. The summed E-state index contributed by atoms with van der Waals surface area (Å²) in [5.74, 6) is -0.111. The molecule has 19 heavy (non-hydrogen) atoms. The Balaban J connectivity index is 2.34. The molecule has 0 fully saturated rings. The highest BCUT2D eigenvalue weighted by Gasteiger charge is 2.33. The molecule has 9 heteroatoms. The van der Waals surface area contributed by atoms with E-state index in [9.17, 15) is 13.2 Å². The summed E-state index contributed by atoms with van der Waals surface area (Å²) >= 11 is 0.899. The standard InChI is InChI=1S/C10H9F3N4OS/c1-5-4-18-9(15-5)19-7-3-6(10(11,12)13)16-8(14-2)17-7/h3-4H,1-2H3,(H,14,16,17). The van der Waals surface area contributed by atoms with E-state index in [2.05, 4.69) is 20.3 Å². The molecule has 0 aromatic carbocycles.